The van der Waals surface area contributed by atoms with E-state index in [4.69, 9.17) is 4.42 Å². The van der Waals surface area contributed by atoms with Gasteiger partial charge in [-0.25, -0.2) is 0 Å². The molecule has 0 N–H and O–H groups in total. The van der Waals surface area contributed by atoms with Crippen LogP contribution in [-0.4, -0.2) is 0 Å². The first-order valence-corrected chi connectivity index (χ1v) is 17.6. The highest BCUT2D eigenvalue weighted by atomic mass is 16.3. The second-order valence-corrected chi connectivity index (χ2v) is 13.7. The van der Waals surface area contributed by atoms with Crippen molar-refractivity contribution in [1.82, 2.24) is 0 Å². The average Bonchev–Trinajstić information content (AvgIpc) is 3.59. The number of fused-ring (bicyclic) bond motifs is 4. The Labute approximate surface area is 295 Å². The van der Waals surface area contributed by atoms with Gasteiger partial charge in [0, 0.05) is 16.3 Å². The SMILES string of the molecule is c1cc(-c2ccc3ccccc3c2)cc(-c2ccc3ccc4c(-c5cccc(-c6cccc7c6oc6ccccc67)c5)ccc5ccc2c3c54)c1. The van der Waals surface area contributed by atoms with Crippen molar-refractivity contribution in [2.75, 3.05) is 0 Å². The molecule has 0 bridgehead atoms. The topological polar surface area (TPSA) is 13.1 Å². The second kappa shape index (κ2) is 10.9. The number of para-hydroxylation sites is 2. The molecule has 0 saturated heterocycles. The summed E-state index contributed by atoms with van der Waals surface area (Å²) >= 11 is 0. The standard InChI is InChI=1S/C50H30O/c1-2-9-34-28-36(19-18-31(34)8-1)35-10-5-11-37(29-35)40-24-20-32-23-27-45-41(25-21-33-22-26-44(40)48(32)49(33)45)38-12-6-13-39(30-38)42-15-7-16-46-43-14-3-4-17-47(43)51-50(42)46/h1-30H. The van der Waals surface area contributed by atoms with E-state index in [1.54, 1.807) is 0 Å². The van der Waals surface area contributed by atoms with Crippen LogP contribution in [0.15, 0.2) is 186 Å². The fourth-order valence-electron chi connectivity index (χ4n) is 8.37. The molecule has 0 fully saturated rings. The Kier molecular flexibility index (Phi) is 6.02. The molecule has 0 radical (unpaired) electrons. The number of rotatable bonds is 4. The average molecular weight is 647 g/mol. The predicted octanol–water partition coefficient (Wildman–Crippen LogP) is 14.3. The lowest BCUT2D eigenvalue weighted by atomic mass is 9.86. The Hall–Kier alpha value is -6.70. The first-order valence-electron chi connectivity index (χ1n) is 17.6. The minimum Gasteiger partial charge on any atom is -0.455 e. The monoisotopic (exact) mass is 646 g/mol. The molecule has 10 aromatic carbocycles. The van der Waals surface area contributed by atoms with E-state index in [9.17, 15) is 0 Å². The summed E-state index contributed by atoms with van der Waals surface area (Å²) in [4.78, 5) is 0. The minimum absolute atomic E-state index is 0.919. The van der Waals surface area contributed by atoms with Crippen molar-refractivity contribution in [2.24, 2.45) is 0 Å². The summed E-state index contributed by atoms with van der Waals surface area (Å²) in [6.07, 6.45) is 0. The van der Waals surface area contributed by atoms with E-state index in [1.807, 2.05) is 12.1 Å². The molecule has 0 aliphatic heterocycles. The first-order chi connectivity index (χ1) is 25.3. The van der Waals surface area contributed by atoms with Crippen molar-refractivity contribution in [3.63, 3.8) is 0 Å². The molecule has 51 heavy (non-hydrogen) atoms. The molecule has 11 rings (SSSR count). The lowest BCUT2D eigenvalue weighted by Crippen LogP contribution is -1.90. The highest BCUT2D eigenvalue weighted by Crippen LogP contribution is 2.44. The molecule has 1 heteroatoms. The van der Waals surface area contributed by atoms with Crippen LogP contribution in [0.2, 0.25) is 0 Å². The second-order valence-electron chi connectivity index (χ2n) is 13.7. The molecule has 0 atom stereocenters. The third-order valence-corrected chi connectivity index (χ3v) is 10.8. The van der Waals surface area contributed by atoms with Crippen LogP contribution in [0.4, 0.5) is 0 Å². The zero-order valence-electron chi connectivity index (χ0n) is 27.7. The quantitative estimate of drug-likeness (QED) is 0.173. The van der Waals surface area contributed by atoms with Gasteiger partial charge >= 0.3 is 0 Å². The van der Waals surface area contributed by atoms with Gasteiger partial charge in [-0.2, -0.15) is 0 Å². The van der Waals surface area contributed by atoms with E-state index < -0.39 is 0 Å². The molecule has 1 aromatic heterocycles. The largest absolute Gasteiger partial charge is 0.455 e. The summed E-state index contributed by atoms with van der Waals surface area (Å²) in [7, 11) is 0. The fourth-order valence-corrected chi connectivity index (χ4v) is 8.37. The van der Waals surface area contributed by atoms with E-state index in [-0.39, 0.29) is 0 Å². The molecule has 0 amide bonds. The van der Waals surface area contributed by atoms with Gasteiger partial charge in [-0.1, -0.05) is 158 Å². The van der Waals surface area contributed by atoms with Crippen molar-refractivity contribution in [3.05, 3.63) is 182 Å². The van der Waals surface area contributed by atoms with E-state index in [0.29, 0.717) is 0 Å². The summed E-state index contributed by atoms with van der Waals surface area (Å²) in [6, 6.07) is 66.4. The molecule has 0 saturated carbocycles. The van der Waals surface area contributed by atoms with Crippen LogP contribution in [0.5, 0.6) is 0 Å². The van der Waals surface area contributed by atoms with Crippen molar-refractivity contribution in [2.45, 2.75) is 0 Å². The fraction of sp³-hybridized carbons (Fsp3) is 0. The van der Waals surface area contributed by atoms with Crippen molar-refractivity contribution in [1.29, 1.82) is 0 Å². The molecule has 0 aliphatic rings. The van der Waals surface area contributed by atoms with E-state index >= 15 is 0 Å². The maximum Gasteiger partial charge on any atom is 0.143 e. The normalized spacial score (nSPS) is 11.9. The summed E-state index contributed by atoms with van der Waals surface area (Å²) in [6.45, 7) is 0. The number of hydrogen-bond acceptors (Lipinski definition) is 1. The van der Waals surface area contributed by atoms with Crippen LogP contribution in [0.25, 0.3) is 110 Å². The molecule has 236 valence electrons. The van der Waals surface area contributed by atoms with Gasteiger partial charge in [0.1, 0.15) is 11.2 Å². The van der Waals surface area contributed by atoms with Gasteiger partial charge in [0.15, 0.2) is 0 Å². The van der Waals surface area contributed by atoms with Crippen LogP contribution >= 0.6 is 0 Å². The van der Waals surface area contributed by atoms with Gasteiger partial charge in [-0.05, 0) is 106 Å². The Morgan fingerprint density at radius 2 is 0.804 bits per heavy atom. The van der Waals surface area contributed by atoms with Gasteiger partial charge in [0.2, 0.25) is 0 Å². The molecule has 11 aromatic rings. The summed E-state index contributed by atoms with van der Waals surface area (Å²) < 4.78 is 6.43. The van der Waals surface area contributed by atoms with E-state index in [0.717, 1.165) is 33.1 Å². The lowest BCUT2D eigenvalue weighted by Gasteiger charge is -2.17. The number of furan rings is 1. The Balaban J connectivity index is 1.06. The van der Waals surface area contributed by atoms with Crippen molar-refractivity contribution in [3.8, 4) is 44.5 Å². The van der Waals surface area contributed by atoms with Crippen LogP contribution in [0.1, 0.15) is 0 Å². The molecule has 1 heterocycles. The van der Waals surface area contributed by atoms with Crippen LogP contribution < -0.4 is 0 Å². The predicted molar refractivity (Wildman–Crippen MR) is 217 cm³/mol. The Morgan fingerprint density at radius 1 is 0.275 bits per heavy atom. The maximum absolute atomic E-state index is 6.43. The van der Waals surface area contributed by atoms with Crippen LogP contribution in [-0.2, 0) is 0 Å². The van der Waals surface area contributed by atoms with Gasteiger partial charge in [-0.15, -0.1) is 0 Å². The smallest absolute Gasteiger partial charge is 0.143 e. The maximum atomic E-state index is 6.43. The molecular weight excluding hydrogens is 617 g/mol. The summed E-state index contributed by atoms with van der Waals surface area (Å²) in [5.41, 5.74) is 11.5. The van der Waals surface area contributed by atoms with Crippen molar-refractivity contribution < 1.29 is 4.42 Å². The van der Waals surface area contributed by atoms with Crippen LogP contribution in [0, 0.1) is 0 Å². The third kappa shape index (κ3) is 4.35. The third-order valence-electron chi connectivity index (χ3n) is 10.8. The van der Waals surface area contributed by atoms with Gasteiger partial charge in [0.05, 0.1) is 0 Å². The first kappa shape index (κ1) is 28.2. The minimum atomic E-state index is 0.919. The molecular formula is C50H30O. The zero-order valence-corrected chi connectivity index (χ0v) is 27.7. The molecule has 0 unspecified atom stereocenters. The van der Waals surface area contributed by atoms with E-state index in [1.165, 1.54) is 76.5 Å². The zero-order chi connectivity index (χ0) is 33.5. The number of benzene rings is 10. The van der Waals surface area contributed by atoms with Gasteiger partial charge < -0.3 is 4.42 Å². The highest BCUT2D eigenvalue weighted by molar-refractivity contribution is 6.27. The van der Waals surface area contributed by atoms with Crippen molar-refractivity contribution >= 4 is 65.0 Å². The molecule has 0 aliphatic carbocycles. The molecule has 1 nitrogen and oxygen atoms in total. The van der Waals surface area contributed by atoms with Crippen LogP contribution in [0.3, 0.4) is 0 Å². The van der Waals surface area contributed by atoms with Gasteiger partial charge in [-0.3, -0.25) is 0 Å². The summed E-state index contributed by atoms with van der Waals surface area (Å²) in [5, 5.41) is 12.5. The summed E-state index contributed by atoms with van der Waals surface area (Å²) in [5.74, 6) is 0. The van der Waals surface area contributed by atoms with Gasteiger partial charge in [0.25, 0.3) is 0 Å². The lowest BCUT2D eigenvalue weighted by molar-refractivity contribution is 0.670. The molecule has 0 spiro atoms. The Morgan fingerprint density at radius 3 is 1.55 bits per heavy atom. The Bertz CT molecular complexity index is 3140. The number of hydrogen-bond donors (Lipinski definition) is 0. The van der Waals surface area contributed by atoms with E-state index in [2.05, 4.69) is 170 Å². The highest BCUT2D eigenvalue weighted by Gasteiger charge is 2.17.